The standard InChI is InChI=1S/C15H15N5O3S3/c1-9-16-5-10(25-9)6-19-15(21)12-8-17-11(7-18-12)14(20-26(22)23)13-3-2-4-24-13/h2-5,7-8,14,26H,6H2,1H3,(H,19,21)(H,20,22,23). The van der Waals surface area contributed by atoms with Crippen molar-refractivity contribution in [3.05, 3.63) is 62.3 Å². The molecule has 1 amide bonds. The first kappa shape index (κ1) is 18.6. The summed E-state index contributed by atoms with van der Waals surface area (Å²) < 4.78 is 24.6. The minimum Gasteiger partial charge on any atom is -0.346 e. The van der Waals surface area contributed by atoms with Crippen LogP contribution in [0.3, 0.4) is 0 Å². The summed E-state index contributed by atoms with van der Waals surface area (Å²) in [4.78, 5) is 26.4. The third-order valence-electron chi connectivity index (χ3n) is 3.35. The van der Waals surface area contributed by atoms with Crippen molar-refractivity contribution in [1.29, 1.82) is 0 Å². The molecule has 3 aromatic rings. The second-order valence-corrected chi connectivity index (χ2v) is 8.26. The molecule has 0 radical (unpaired) electrons. The Hall–Kier alpha value is -2.21. The summed E-state index contributed by atoms with van der Waals surface area (Å²) in [6, 6.07) is 3.00. The number of amides is 1. The van der Waals surface area contributed by atoms with Gasteiger partial charge in [0.05, 0.1) is 35.7 Å². The summed E-state index contributed by atoms with van der Waals surface area (Å²) in [5.74, 6) is -0.356. The first-order chi connectivity index (χ1) is 12.5. The van der Waals surface area contributed by atoms with Crippen LogP contribution in [-0.4, -0.2) is 29.3 Å². The van der Waals surface area contributed by atoms with Gasteiger partial charge in [-0.25, -0.2) is 23.1 Å². The Morgan fingerprint density at radius 1 is 1.23 bits per heavy atom. The molecule has 0 fully saturated rings. The van der Waals surface area contributed by atoms with Crippen molar-refractivity contribution in [2.45, 2.75) is 19.5 Å². The van der Waals surface area contributed by atoms with E-state index < -0.39 is 16.9 Å². The first-order valence-electron chi connectivity index (χ1n) is 7.48. The largest absolute Gasteiger partial charge is 0.346 e. The van der Waals surface area contributed by atoms with Gasteiger partial charge in [-0.3, -0.25) is 9.78 Å². The molecule has 0 aromatic carbocycles. The van der Waals surface area contributed by atoms with Gasteiger partial charge < -0.3 is 5.32 Å². The fraction of sp³-hybridized carbons (Fsp3) is 0.200. The van der Waals surface area contributed by atoms with Crippen molar-refractivity contribution < 1.29 is 13.2 Å². The summed E-state index contributed by atoms with van der Waals surface area (Å²) in [7, 11) is -2.81. The molecule has 0 bridgehead atoms. The van der Waals surface area contributed by atoms with Gasteiger partial charge in [-0.1, -0.05) is 6.07 Å². The number of thiol groups is 1. The predicted molar refractivity (Wildman–Crippen MR) is 99.7 cm³/mol. The fourth-order valence-corrected chi connectivity index (χ4v) is 4.28. The number of thiophene rings is 1. The average molecular weight is 410 g/mol. The van der Waals surface area contributed by atoms with Crippen LogP contribution >= 0.6 is 22.7 Å². The minimum absolute atomic E-state index is 0.159. The molecule has 2 N–H and O–H groups in total. The Balaban J connectivity index is 1.71. The Morgan fingerprint density at radius 2 is 2.08 bits per heavy atom. The monoisotopic (exact) mass is 409 g/mol. The van der Waals surface area contributed by atoms with E-state index in [1.165, 1.54) is 35.1 Å². The summed E-state index contributed by atoms with van der Waals surface area (Å²) in [6.07, 6.45) is 4.46. The molecule has 11 heteroatoms. The van der Waals surface area contributed by atoms with Gasteiger partial charge in [0, 0.05) is 16.0 Å². The van der Waals surface area contributed by atoms with Crippen LogP contribution in [0.4, 0.5) is 0 Å². The summed E-state index contributed by atoms with van der Waals surface area (Å²) in [6.45, 7) is 2.26. The van der Waals surface area contributed by atoms with Gasteiger partial charge in [-0.15, -0.1) is 22.7 Å². The maximum absolute atomic E-state index is 12.2. The van der Waals surface area contributed by atoms with E-state index in [1.807, 2.05) is 18.4 Å². The van der Waals surface area contributed by atoms with Crippen LogP contribution in [0.25, 0.3) is 0 Å². The molecular weight excluding hydrogens is 394 g/mol. The highest BCUT2D eigenvalue weighted by atomic mass is 32.2. The highest BCUT2D eigenvalue weighted by molar-refractivity contribution is 7.70. The highest BCUT2D eigenvalue weighted by Crippen LogP contribution is 2.24. The molecule has 0 aliphatic rings. The van der Waals surface area contributed by atoms with Crippen molar-refractivity contribution in [1.82, 2.24) is 25.0 Å². The third kappa shape index (κ3) is 4.69. The minimum atomic E-state index is -2.81. The van der Waals surface area contributed by atoms with Gasteiger partial charge in [0.1, 0.15) is 5.69 Å². The third-order valence-corrected chi connectivity index (χ3v) is 5.67. The number of aryl methyl sites for hydroxylation is 1. The number of nitrogens with zero attached hydrogens (tertiary/aromatic N) is 3. The zero-order valence-electron chi connectivity index (χ0n) is 13.6. The van der Waals surface area contributed by atoms with E-state index in [0.717, 1.165) is 14.8 Å². The normalized spacial score (nSPS) is 12.2. The van der Waals surface area contributed by atoms with E-state index in [1.54, 1.807) is 12.3 Å². The van der Waals surface area contributed by atoms with Crippen LogP contribution in [-0.2, 0) is 17.4 Å². The van der Waals surface area contributed by atoms with E-state index in [9.17, 15) is 13.2 Å². The Labute approximate surface area is 159 Å². The van der Waals surface area contributed by atoms with E-state index >= 15 is 0 Å². The lowest BCUT2D eigenvalue weighted by Gasteiger charge is -2.13. The molecule has 3 aromatic heterocycles. The van der Waals surface area contributed by atoms with E-state index in [0.29, 0.717) is 12.2 Å². The lowest BCUT2D eigenvalue weighted by atomic mass is 10.2. The van der Waals surface area contributed by atoms with Crippen LogP contribution < -0.4 is 10.0 Å². The van der Waals surface area contributed by atoms with Crippen molar-refractivity contribution in [3.8, 4) is 0 Å². The second-order valence-electron chi connectivity index (χ2n) is 5.19. The van der Waals surface area contributed by atoms with Gasteiger partial charge in [0.25, 0.3) is 5.91 Å². The Kier molecular flexibility index (Phi) is 6.04. The zero-order chi connectivity index (χ0) is 18.5. The molecule has 1 unspecified atom stereocenters. The quantitative estimate of drug-likeness (QED) is 0.509. The number of carbonyl (C=O) groups is 1. The number of hydrogen-bond acceptors (Lipinski definition) is 8. The molecule has 8 nitrogen and oxygen atoms in total. The Bertz CT molecular complexity index is 943. The van der Waals surface area contributed by atoms with Crippen molar-refractivity contribution in [2.24, 2.45) is 0 Å². The van der Waals surface area contributed by atoms with Crippen LogP contribution in [0.15, 0.2) is 36.1 Å². The van der Waals surface area contributed by atoms with Gasteiger partial charge in [0.2, 0.25) is 10.9 Å². The lowest BCUT2D eigenvalue weighted by molar-refractivity contribution is 0.0946. The molecule has 0 saturated heterocycles. The van der Waals surface area contributed by atoms with Crippen LogP contribution in [0, 0.1) is 6.92 Å². The van der Waals surface area contributed by atoms with Crippen molar-refractivity contribution in [2.75, 3.05) is 0 Å². The summed E-state index contributed by atoms with van der Waals surface area (Å²) in [5, 5.41) is 5.53. The number of rotatable bonds is 7. The molecule has 0 aliphatic heterocycles. The predicted octanol–water partition coefficient (Wildman–Crippen LogP) is 1.44. The molecule has 0 aliphatic carbocycles. The molecule has 26 heavy (non-hydrogen) atoms. The maximum Gasteiger partial charge on any atom is 0.271 e. The number of aromatic nitrogens is 3. The maximum atomic E-state index is 12.2. The molecule has 136 valence electrons. The van der Waals surface area contributed by atoms with Crippen LogP contribution in [0.5, 0.6) is 0 Å². The number of nitrogens with one attached hydrogen (secondary N) is 2. The van der Waals surface area contributed by atoms with Gasteiger partial charge in [-0.05, 0) is 18.4 Å². The first-order valence-corrected chi connectivity index (χ1v) is 10.4. The van der Waals surface area contributed by atoms with Crippen molar-refractivity contribution >= 4 is 39.5 Å². The molecule has 3 rings (SSSR count). The number of hydrogen-bond donors (Lipinski definition) is 3. The van der Waals surface area contributed by atoms with Gasteiger partial charge >= 0.3 is 0 Å². The molecule has 3 heterocycles. The molecule has 1 atom stereocenters. The Morgan fingerprint density at radius 3 is 2.65 bits per heavy atom. The smallest absolute Gasteiger partial charge is 0.271 e. The van der Waals surface area contributed by atoms with Crippen LogP contribution in [0.2, 0.25) is 0 Å². The average Bonchev–Trinajstić information content (AvgIpc) is 3.29. The molecular formula is C15H15N5O3S3. The lowest BCUT2D eigenvalue weighted by Crippen LogP contribution is -2.25. The van der Waals surface area contributed by atoms with E-state index in [-0.39, 0.29) is 11.6 Å². The summed E-state index contributed by atoms with van der Waals surface area (Å²) in [5.41, 5.74) is 0.577. The molecule has 0 saturated carbocycles. The second kappa shape index (κ2) is 8.45. The summed E-state index contributed by atoms with van der Waals surface area (Å²) >= 11 is 2.91. The zero-order valence-corrected chi connectivity index (χ0v) is 16.1. The fourth-order valence-electron chi connectivity index (χ4n) is 2.19. The van der Waals surface area contributed by atoms with E-state index in [2.05, 4.69) is 25.0 Å². The topological polar surface area (TPSA) is 114 Å². The van der Waals surface area contributed by atoms with Gasteiger partial charge in [0.15, 0.2) is 0 Å². The number of carbonyl (C=O) groups excluding carboxylic acids is 1. The highest BCUT2D eigenvalue weighted by Gasteiger charge is 2.18. The van der Waals surface area contributed by atoms with Gasteiger partial charge in [-0.2, -0.15) is 0 Å². The molecule has 0 spiro atoms. The van der Waals surface area contributed by atoms with Crippen molar-refractivity contribution in [3.63, 3.8) is 0 Å². The SMILES string of the molecule is Cc1ncc(CNC(=O)c2cnc(C(N[SH](=O)=O)c3cccs3)cn2)s1. The van der Waals surface area contributed by atoms with Crippen LogP contribution in [0.1, 0.15) is 37.0 Å². The number of thiazole rings is 1. The van der Waals surface area contributed by atoms with E-state index in [4.69, 9.17) is 0 Å².